The molecule has 7 aromatic rings. The van der Waals surface area contributed by atoms with Gasteiger partial charge in [-0.3, -0.25) is 33.7 Å². The maximum absolute atomic E-state index is 16.9. The number of amides is 4. The van der Waals surface area contributed by atoms with Gasteiger partial charge < -0.3 is 38.4 Å². The minimum absolute atomic E-state index is 0.0577. The second kappa shape index (κ2) is 22.3. The van der Waals surface area contributed by atoms with Crippen LogP contribution in [0.5, 0.6) is 11.8 Å². The van der Waals surface area contributed by atoms with E-state index in [1.54, 1.807) is 17.7 Å². The molecule has 87 heavy (non-hydrogen) atoms. The fourth-order valence-corrected chi connectivity index (χ4v) is 14.1. The number of aryl methyl sites for hydroxylation is 1. The zero-order chi connectivity index (χ0) is 60.2. The number of hydrogen-bond acceptors (Lipinski definition) is 15. The number of imidazole rings is 1. The van der Waals surface area contributed by atoms with Crippen LogP contribution >= 0.6 is 0 Å². The number of halogens is 1. The van der Waals surface area contributed by atoms with E-state index in [0.29, 0.717) is 116 Å². The third kappa shape index (κ3) is 10.6. The monoisotopic (exact) mass is 1190 g/mol. The Morgan fingerprint density at radius 2 is 1.66 bits per heavy atom. The van der Waals surface area contributed by atoms with E-state index in [0.717, 1.165) is 71.6 Å². The lowest BCUT2D eigenvalue weighted by Crippen LogP contribution is -2.53. The van der Waals surface area contributed by atoms with Gasteiger partial charge in [-0.15, -0.1) is 0 Å². The standard InChI is InChI=1S/C65H74FN11O10/c1-36-30-72(31-39-12-17-49-52(25-39)71(6)63(81)76(49)50-18-19-53(78)68-60(50)79)21-22-73(36)61(80)41-13-10-38(11-14-41)34-85-58-56(55-37(2)48(66)28-51-47(55)29-67-77(51)54-9-7-8-23-84-54)45(40-15-16-40)27-46-57(58)69-62(86-44-20-24-83-35-44)70-59(46)74-32-43-26-42(74)33-75(43)64(82)87-65(3,4)5/h10-14,17,25,27-29,36,40,42-44,50,54H,7-9,15-16,18-24,26,30-35H2,1-6H3,(H,68,78,79)/t36-,42-,43-,44+,50?,54?/m0/s1. The van der Waals surface area contributed by atoms with Gasteiger partial charge in [-0.05, 0) is 138 Å². The molecular weight excluding hydrogens is 1110 g/mol. The van der Waals surface area contributed by atoms with E-state index in [4.69, 9.17) is 38.8 Å². The highest BCUT2D eigenvalue weighted by Crippen LogP contribution is 2.54. The molecule has 22 heteroatoms. The van der Waals surface area contributed by atoms with Crippen LogP contribution in [0.1, 0.15) is 136 Å². The maximum atomic E-state index is 16.9. The number of nitrogens with zero attached hydrogens (tertiary/aromatic N) is 10. The predicted molar refractivity (Wildman–Crippen MR) is 321 cm³/mol. The molecule has 7 fully saturated rings. The van der Waals surface area contributed by atoms with E-state index in [1.807, 2.05) is 90.8 Å². The summed E-state index contributed by atoms with van der Waals surface area (Å²) in [5.74, 6) is 0.0243. The van der Waals surface area contributed by atoms with Gasteiger partial charge in [0.2, 0.25) is 11.8 Å². The highest BCUT2D eigenvalue weighted by Gasteiger charge is 2.48. The number of anilines is 1. The Morgan fingerprint density at radius 1 is 0.839 bits per heavy atom. The van der Waals surface area contributed by atoms with Crippen molar-refractivity contribution in [3.8, 4) is 22.9 Å². The van der Waals surface area contributed by atoms with Crippen LogP contribution in [0.3, 0.4) is 0 Å². The van der Waals surface area contributed by atoms with Crippen molar-refractivity contribution >= 4 is 62.5 Å². The minimum atomic E-state index is -0.760. The van der Waals surface area contributed by atoms with Crippen LogP contribution in [-0.2, 0) is 44.0 Å². The van der Waals surface area contributed by atoms with Gasteiger partial charge in [0.05, 0.1) is 48.0 Å². The Balaban J connectivity index is 0.773. The molecule has 4 amide bonds. The van der Waals surface area contributed by atoms with Gasteiger partial charge in [-0.2, -0.15) is 15.1 Å². The van der Waals surface area contributed by atoms with Gasteiger partial charge in [0.15, 0.2) is 12.0 Å². The van der Waals surface area contributed by atoms with Crippen LogP contribution in [0.2, 0.25) is 0 Å². The molecule has 21 nitrogen and oxygen atoms in total. The van der Waals surface area contributed by atoms with E-state index in [9.17, 15) is 24.0 Å². The van der Waals surface area contributed by atoms with Crippen molar-refractivity contribution in [2.24, 2.45) is 7.05 Å². The first-order valence-electron chi connectivity index (χ1n) is 30.9. The average molecular weight is 1190 g/mol. The van der Waals surface area contributed by atoms with Crippen LogP contribution in [0.25, 0.3) is 44.0 Å². The summed E-state index contributed by atoms with van der Waals surface area (Å²) in [6.45, 7) is 14.5. The van der Waals surface area contributed by atoms with Crippen LogP contribution in [0, 0.1) is 12.7 Å². The third-order valence-electron chi connectivity index (χ3n) is 18.7. The number of benzene rings is 4. The predicted octanol–water partition coefficient (Wildman–Crippen LogP) is 8.59. The van der Waals surface area contributed by atoms with E-state index >= 15 is 4.39 Å². The van der Waals surface area contributed by atoms with Gasteiger partial charge in [-0.25, -0.2) is 18.7 Å². The second-order valence-electron chi connectivity index (χ2n) is 25.9. The quantitative estimate of drug-likeness (QED) is 0.107. The fourth-order valence-electron chi connectivity index (χ4n) is 14.1. The molecule has 14 rings (SSSR count). The lowest BCUT2D eigenvalue weighted by atomic mass is 9.88. The lowest BCUT2D eigenvalue weighted by molar-refractivity contribution is -0.135. The summed E-state index contributed by atoms with van der Waals surface area (Å²) in [5, 5.41) is 8.81. The molecule has 2 bridgehead atoms. The summed E-state index contributed by atoms with van der Waals surface area (Å²) in [6.07, 6.45) is 7.29. The maximum Gasteiger partial charge on any atom is 0.410 e. The van der Waals surface area contributed by atoms with Crippen LogP contribution < -0.4 is 25.4 Å². The Morgan fingerprint density at radius 3 is 2.37 bits per heavy atom. The molecule has 0 radical (unpaired) electrons. The zero-order valence-corrected chi connectivity index (χ0v) is 50.2. The molecular formula is C65H74FN11O10. The Bertz CT molecular complexity index is 3970. The number of piperazine rings is 2. The number of rotatable bonds is 13. The first kappa shape index (κ1) is 56.8. The molecule has 6 saturated heterocycles. The first-order chi connectivity index (χ1) is 41.9. The number of carbonyl (C=O) groups excluding carboxylic acids is 4. The molecule has 4 aromatic carbocycles. The van der Waals surface area contributed by atoms with E-state index in [1.165, 1.54) is 4.57 Å². The number of nitrogens with one attached hydrogen (secondary N) is 1. The minimum Gasteiger partial charge on any atom is -0.486 e. The summed E-state index contributed by atoms with van der Waals surface area (Å²) in [6, 6.07) is 16.3. The molecule has 456 valence electrons. The van der Waals surface area contributed by atoms with Crippen LogP contribution in [0.4, 0.5) is 15.0 Å². The number of fused-ring (bicyclic) bond motifs is 5. The Kier molecular flexibility index (Phi) is 14.6. The van der Waals surface area contributed by atoms with Crippen molar-refractivity contribution in [2.75, 3.05) is 57.4 Å². The topological polar surface area (TPSA) is 210 Å². The van der Waals surface area contributed by atoms with Gasteiger partial charge in [-0.1, -0.05) is 18.2 Å². The van der Waals surface area contributed by atoms with E-state index in [2.05, 4.69) is 28.1 Å². The SMILES string of the molecule is Cc1c(F)cc2c(cnn2C2CCCCO2)c1-c1c(C2CC2)cc2c(N3C[C@@H]4C[C@H]3CN4C(=O)OC(C)(C)C)nc(O[C@@H]3CCOC3)nc2c1OCc1ccc(C(=O)N2CCN(Cc3ccc4c(c3)n(C)c(=O)n4C3CCC(=O)NC3=O)C[C@@H]2C)cc1. The van der Waals surface area contributed by atoms with Gasteiger partial charge in [0.25, 0.3) is 5.91 Å². The molecule has 1 aliphatic carbocycles. The lowest BCUT2D eigenvalue weighted by Gasteiger charge is -2.40. The van der Waals surface area contributed by atoms with Gasteiger partial charge >= 0.3 is 17.8 Å². The average Bonchev–Trinajstić information content (AvgIpc) is 1.86. The van der Waals surface area contributed by atoms with Crippen molar-refractivity contribution in [1.29, 1.82) is 0 Å². The first-order valence-corrected chi connectivity index (χ1v) is 30.9. The molecule has 9 heterocycles. The van der Waals surface area contributed by atoms with Crippen molar-refractivity contribution in [3.63, 3.8) is 0 Å². The normalized spacial score (nSPS) is 23.6. The molecule has 3 aromatic heterocycles. The molecule has 7 aliphatic rings. The number of ether oxygens (including phenoxy) is 5. The summed E-state index contributed by atoms with van der Waals surface area (Å²) in [5.41, 5.74) is 6.75. The van der Waals surface area contributed by atoms with E-state index in [-0.39, 0.29) is 91.2 Å². The fraction of sp³-hybridized carbons (Fsp3) is 0.508. The third-order valence-corrected chi connectivity index (χ3v) is 18.7. The Hall–Kier alpha value is -7.95. The van der Waals surface area contributed by atoms with Crippen molar-refractivity contribution in [2.45, 2.75) is 154 Å². The number of likely N-dealkylation sites (tertiary alicyclic amines) is 1. The van der Waals surface area contributed by atoms with Crippen molar-refractivity contribution in [1.82, 2.24) is 48.9 Å². The molecule has 6 aliphatic heterocycles. The molecule has 1 N–H and O–H groups in total. The summed E-state index contributed by atoms with van der Waals surface area (Å²) >= 11 is 0. The second-order valence-corrected chi connectivity index (χ2v) is 25.9. The molecule has 0 spiro atoms. The summed E-state index contributed by atoms with van der Waals surface area (Å²) in [4.78, 5) is 84.9. The smallest absolute Gasteiger partial charge is 0.410 e. The highest BCUT2D eigenvalue weighted by molar-refractivity contribution is 6.06. The number of aromatic nitrogens is 6. The number of carbonyl (C=O) groups is 4. The molecule has 1 saturated carbocycles. The Labute approximate surface area is 502 Å². The van der Waals surface area contributed by atoms with Crippen LogP contribution in [-0.4, -0.2) is 150 Å². The van der Waals surface area contributed by atoms with Crippen molar-refractivity contribution in [3.05, 3.63) is 105 Å². The highest BCUT2D eigenvalue weighted by atomic mass is 19.1. The van der Waals surface area contributed by atoms with Gasteiger partial charge in [0.1, 0.15) is 41.5 Å². The molecule has 6 atom stereocenters. The summed E-state index contributed by atoms with van der Waals surface area (Å²) in [7, 11) is 1.69. The van der Waals surface area contributed by atoms with E-state index < -0.39 is 17.6 Å². The van der Waals surface area contributed by atoms with Gasteiger partial charge in [0, 0.05) is 105 Å². The number of hydrogen-bond donors (Lipinski definition) is 1. The zero-order valence-electron chi connectivity index (χ0n) is 50.2. The number of imide groups is 1. The molecule has 2 unspecified atom stereocenters. The largest absolute Gasteiger partial charge is 0.486 e. The summed E-state index contributed by atoms with van der Waals surface area (Å²) < 4.78 is 53.5. The number of piperidine rings is 1. The van der Waals surface area contributed by atoms with Crippen molar-refractivity contribution < 1.29 is 47.3 Å². The van der Waals surface area contributed by atoms with Crippen LogP contribution in [0.15, 0.2) is 65.6 Å².